The van der Waals surface area contributed by atoms with E-state index >= 15 is 0 Å². The van der Waals surface area contributed by atoms with Crippen molar-refractivity contribution < 1.29 is 19.2 Å². The number of carbonyl (C=O) groups excluding carboxylic acids is 1. The van der Waals surface area contributed by atoms with Crippen LogP contribution in [0.2, 0.25) is 0 Å². The molecular weight excluding hydrogens is 354 g/mol. The third kappa shape index (κ3) is 4.10. The molecule has 3 rings (SSSR count). The summed E-state index contributed by atoms with van der Waals surface area (Å²) in [6, 6.07) is 14.9. The number of ether oxygens (including phenoxy) is 2. The number of anilines is 1. The first kappa shape index (κ1) is 19.7. The molecular formula is C22H26N3O3+. The standard InChI is InChI=1S/C22H25N3O3/c1-15(22(26)24-17-8-6-16(14-23)7-9-17)25-12-4-5-20(25)19-11-10-18(27-2)13-21(19)28-3/h6-11,13,15,20H,4-5,12H2,1-3H3,(H,24,26)/p+1/t15-,20-/m1/s1. The van der Waals surface area contributed by atoms with Crippen molar-refractivity contribution in [2.24, 2.45) is 0 Å². The number of nitrogens with one attached hydrogen (secondary N) is 2. The number of nitriles is 1. The van der Waals surface area contributed by atoms with Gasteiger partial charge < -0.3 is 19.7 Å². The molecule has 1 aliphatic heterocycles. The minimum Gasteiger partial charge on any atom is -0.497 e. The summed E-state index contributed by atoms with van der Waals surface area (Å²) in [5.74, 6) is 1.52. The van der Waals surface area contributed by atoms with E-state index < -0.39 is 0 Å². The normalized spacial score (nSPS) is 19.5. The third-order valence-corrected chi connectivity index (χ3v) is 5.45. The number of methoxy groups -OCH3 is 2. The van der Waals surface area contributed by atoms with Crippen LogP contribution in [0.4, 0.5) is 5.69 Å². The highest BCUT2D eigenvalue weighted by Gasteiger charge is 2.38. The summed E-state index contributed by atoms with van der Waals surface area (Å²) >= 11 is 0. The molecule has 0 aliphatic carbocycles. The van der Waals surface area contributed by atoms with Gasteiger partial charge in [0.2, 0.25) is 0 Å². The second-order valence-electron chi connectivity index (χ2n) is 7.03. The molecule has 3 atom stereocenters. The summed E-state index contributed by atoms with van der Waals surface area (Å²) < 4.78 is 10.9. The molecule has 2 aromatic rings. The lowest BCUT2D eigenvalue weighted by atomic mass is 10.0. The second kappa shape index (κ2) is 8.77. The Morgan fingerprint density at radius 1 is 1.21 bits per heavy atom. The first-order valence-electron chi connectivity index (χ1n) is 9.46. The van der Waals surface area contributed by atoms with E-state index in [2.05, 4.69) is 11.4 Å². The maximum absolute atomic E-state index is 12.8. The van der Waals surface area contributed by atoms with Gasteiger partial charge in [-0.25, -0.2) is 0 Å². The molecule has 146 valence electrons. The molecule has 1 amide bonds. The van der Waals surface area contributed by atoms with Crippen LogP contribution in [0, 0.1) is 11.3 Å². The van der Waals surface area contributed by atoms with Crippen LogP contribution < -0.4 is 19.7 Å². The zero-order valence-electron chi connectivity index (χ0n) is 16.5. The maximum atomic E-state index is 12.8. The molecule has 2 aromatic carbocycles. The highest BCUT2D eigenvalue weighted by molar-refractivity contribution is 5.93. The predicted octanol–water partition coefficient (Wildman–Crippen LogP) is 2.32. The van der Waals surface area contributed by atoms with Gasteiger partial charge >= 0.3 is 0 Å². The summed E-state index contributed by atoms with van der Waals surface area (Å²) in [6.07, 6.45) is 2.07. The number of quaternary nitrogens is 1. The molecule has 0 spiro atoms. The molecule has 0 bridgehead atoms. The Balaban J connectivity index is 1.76. The van der Waals surface area contributed by atoms with E-state index in [0.717, 1.165) is 36.4 Å². The minimum atomic E-state index is -0.213. The Bertz CT molecular complexity index is 874. The first-order chi connectivity index (χ1) is 13.6. The lowest BCUT2D eigenvalue weighted by Crippen LogP contribution is -3.15. The van der Waals surface area contributed by atoms with Crippen LogP contribution in [0.5, 0.6) is 11.5 Å². The molecule has 28 heavy (non-hydrogen) atoms. The monoisotopic (exact) mass is 380 g/mol. The van der Waals surface area contributed by atoms with Crippen LogP contribution in [0.25, 0.3) is 0 Å². The van der Waals surface area contributed by atoms with Gasteiger partial charge in [0.05, 0.1) is 38.0 Å². The van der Waals surface area contributed by atoms with Gasteiger partial charge in [-0.2, -0.15) is 5.26 Å². The van der Waals surface area contributed by atoms with E-state index in [-0.39, 0.29) is 18.0 Å². The van der Waals surface area contributed by atoms with Crippen LogP contribution >= 0.6 is 0 Å². The van der Waals surface area contributed by atoms with Crippen LogP contribution in [0.15, 0.2) is 42.5 Å². The van der Waals surface area contributed by atoms with Gasteiger partial charge in [0.25, 0.3) is 5.91 Å². The van der Waals surface area contributed by atoms with Crippen molar-refractivity contribution in [3.05, 3.63) is 53.6 Å². The van der Waals surface area contributed by atoms with Gasteiger partial charge in [-0.1, -0.05) is 0 Å². The van der Waals surface area contributed by atoms with Crippen molar-refractivity contribution in [1.29, 1.82) is 5.26 Å². The number of hydrogen-bond acceptors (Lipinski definition) is 4. The molecule has 6 heteroatoms. The Morgan fingerprint density at radius 2 is 1.96 bits per heavy atom. The van der Waals surface area contributed by atoms with E-state index in [1.165, 1.54) is 4.90 Å². The van der Waals surface area contributed by atoms with Crippen LogP contribution in [0.1, 0.15) is 36.9 Å². The van der Waals surface area contributed by atoms with Crippen molar-refractivity contribution >= 4 is 11.6 Å². The third-order valence-electron chi connectivity index (χ3n) is 5.45. The molecule has 0 saturated carbocycles. The molecule has 1 heterocycles. The lowest BCUT2D eigenvalue weighted by Gasteiger charge is -2.28. The van der Waals surface area contributed by atoms with Crippen LogP contribution in [-0.4, -0.2) is 32.7 Å². The summed E-state index contributed by atoms with van der Waals surface area (Å²) in [5.41, 5.74) is 2.38. The zero-order valence-corrected chi connectivity index (χ0v) is 16.5. The highest BCUT2D eigenvalue weighted by Crippen LogP contribution is 2.32. The first-order valence-corrected chi connectivity index (χ1v) is 9.46. The summed E-state index contributed by atoms with van der Waals surface area (Å²) in [5, 5.41) is 11.9. The van der Waals surface area contributed by atoms with Gasteiger partial charge in [-0.3, -0.25) is 4.79 Å². The van der Waals surface area contributed by atoms with Crippen LogP contribution in [0.3, 0.4) is 0 Å². The Hall–Kier alpha value is -3.04. The SMILES string of the molecule is COc1ccc([C@H]2CCC[NH+]2[C@H](C)C(=O)Nc2ccc(C#N)cc2)c(OC)c1. The van der Waals surface area contributed by atoms with Crippen LogP contribution in [-0.2, 0) is 4.79 Å². The minimum absolute atomic E-state index is 0.0286. The molecule has 2 N–H and O–H groups in total. The highest BCUT2D eigenvalue weighted by atomic mass is 16.5. The quantitative estimate of drug-likeness (QED) is 0.807. The number of amides is 1. The van der Waals surface area contributed by atoms with Gasteiger partial charge in [-0.15, -0.1) is 0 Å². The Labute approximate surface area is 165 Å². The zero-order chi connectivity index (χ0) is 20.1. The molecule has 6 nitrogen and oxygen atoms in total. The van der Waals surface area contributed by atoms with E-state index in [9.17, 15) is 4.79 Å². The summed E-state index contributed by atoms with van der Waals surface area (Å²) in [7, 11) is 3.30. The fourth-order valence-corrected chi connectivity index (χ4v) is 3.90. The largest absolute Gasteiger partial charge is 0.497 e. The van der Waals surface area contributed by atoms with E-state index in [4.69, 9.17) is 14.7 Å². The van der Waals surface area contributed by atoms with E-state index in [1.807, 2.05) is 25.1 Å². The summed E-state index contributed by atoms with van der Waals surface area (Å²) in [4.78, 5) is 14.1. The Morgan fingerprint density at radius 3 is 2.61 bits per heavy atom. The average molecular weight is 380 g/mol. The van der Waals surface area contributed by atoms with Gasteiger partial charge in [-0.05, 0) is 43.3 Å². The molecule has 1 unspecified atom stereocenters. The van der Waals surface area contributed by atoms with Gasteiger partial charge in [0, 0.05) is 24.6 Å². The van der Waals surface area contributed by atoms with E-state index in [0.29, 0.717) is 11.3 Å². The van der Waals surface area contributed by atoms with Gasteiger partial charge in [0.15, 0.2) is 6.04 Å². The molecule has 1 saturated heterocycles. The van der Waals surface area contributed by atoms with Crippen molar-refractivity contribution in [2.75, 3.05) is 26.1 Å². The lowest BCUT2D eigenvalue weighted by molar-refractivity contribution is -0.932. The second-order valence-corrected chi connectivity index (χ2v) is 7.03. The van der Waals surface area contributed by atoms with Crippen molar-refractivity contribution in [1.82, 2.24) is 0 Å². The number of rotatable bonds is 6. The van der Waals surface area contributed by atoms with Gasteiger partial charge in [0.1, 0.15) is 17.5 Å². The topological polar surface area (TPSA) is 75.8 Å². The summed E-state index contributed by atoms with van der Waals surface area (Å²) in [6.45, 7) is 2.89. The molecule has 1 aliphatic rings. The van der Waals surface area contributed by atoms with Crippen molar-refractivity contribution in [3.63, 3.8) is 0 Å². The smallest absolute Gasteiger partial charge is 0.282 e. The molecule has 0 radical (unpaired) electrons. The number of carbonyl (C=O) groups is 1. The molecule has 0 aromatic heterocycles. The number of hydrogen-bond donors (Lipinski definition) is 2. The number of benzene rings is 2. The van der Waals surface area contributed by atoms with Crippen molar-refractivity contribution in [2.45, 2.75) is 31.8 Å². The average Bonchev–Trinajstić information content (AvgIpc) is 3.22. The van der Waals surface area contributed by atoms with E-state index in [1.54, 1.807) is 38.5 Å². The molecule has 1 fully saturated rings. The van der Waals surface area contributed by atoms with Crippen molar-refractivity contribution in [3.8, 4) is 17.6 Å². The fourth-order valence-electron chi connectivity index (χ4n) is 3.90. The number of likely N-dealkylation sites (tertiary alicyclic amines) is 1. The Kier molecular flexibility index (Phi) is 6.17. The maximum Gasteiger partial charge on any atom is 0.282 e. The number of nitrogens with zero attached hydrogens (tertiary/aromatic N) is 1. The fraction of sp³-hybridized carbons (Fsp3) is 0.364. The predicted molar refractivity (Wildman–Crippen MR) is 107 cm³/mol.